The molecule has 0 heterocycles. The molecule has 8 heteroatoms. The van der Waals surface area contributed by atoms with Crippen molar-refractivity contribution in [2.24, 2.45) is 17.8 Å². The molecule has 1 rings (SSSR count). The molecule has 0 saturated heterocycles. The first kappa shape index (κ1) is 47.0. The van der Waals surface area contributed by atoms with Crippen LogP contribution in [0.15, 0.2) is 24.3 Å². The first-order chi connectivity index (χ1) is 24.7. The quantitative estimate of drug-likeness (QED) is 0.0347. The second-order valence-corrected chi connectivity index (χ2v) is 15.3. The first-order valence-corrected chi connectivity index (χ1v) is 20.9. The van der Waals surface area contributed by atoms with E-state index in [1.165, 1.54) is 77.0 Å². The van der Waals surface area contributed by atoms with Crippen LogP contribution in [-0.4, -0.2) is 64.6 Å². The van der Waals surface area contributed by atoms with Crippen LogP contribution in [0.4, 0.5) is 0 Å². The maximum Gasteiger partial charge on any atom is 0.306 e. The number of unbranched alkanes of at least 4 members (excludes halogenated alkanes) is 16. The standard InChI is InChI=1S/C43H76O8/c1-4-5-20-26-36(45)30-31-39-38(40(46)32-41(39)47)27-22-18-19-24-29-43(49)51-37(33-44)34-50-42(48)28-23-17-15-13-11-9-7-6-8-10-12-14-16-21-25-35(2)3/h18,22,30-31,35-40,44-46H,4-17,19-21,23-29,32-34H2,1-3H3/b22-18-,31-30+/t36-,37-,38+,39+,40-/m0/s1. The number of ether oxygens (including phenoxy) is 2. The third kappa shape index (κ3) is 25.6. The molecule has 0 aliphatic heterocycles. The Hall–Kier alpha value is -2.03. The van der Waals surface area contributed by atoms with Gasteiger partial charge in [0, 0.05) is 31.1 Å². The van der Waals surface area contributed by atoms with Crippen molar-refractivity contribution < 1.29 is 39.2 Å². The number of aliphatic hydroxyl groups excluding tert-OH is 3. The van der Waals surface area contributed by atoms with Gasteiger partial charge in [0.15, 0.2) is 6.10 Å². The maximum absolute atomic E-state index is 12.4. The molecule has 1 saturated carbocycles. The van der Waals surface area contributed by atoms with Crippen LogP contribution in [0.2, 0.25) is 0 Å². The molecular formula is C43H76O8. The van der Waals surface area contributed by atoms with Gasteiger partial charge in [0.05, 0.1) is 18.8 Å². The summed E-state index contributed by atoms with van der Waals surface area (Å²) in [6, 6.07) is 0. The van der Waals surface area contributed by atoms with Gasteiger partial charge < -0.3 is 24.8 Å². The highest BCUT2D eigenvalue weighted by atomic mass is 16.6. The monoisotopic (exact) mass is 721 g/mol. The van der Waals surface area contributed by atoms with Gasteiger partial charge in [-0.1, -0.05) is 154 Å². The minimum Gasteiger partial charge on any atom is -0.462 e. The summed E-state index contributed by atoms with van der Waals surface area (Å²) >= 11 is 0. The van der Waals surface area contributed by atoms with Crippen molar-refractivity contribution in [3.8, 4) is 0 Å². The zero-order valence-electron chi connectivity index (χ0n) is 32.7. The lowest BCUT2D eigenvalue weighted by Gasteiger charge is -2.17. The number of hydrogen-bond donors (Lipinski definition) is 3. The molecule has 0 amide bonds. The van der Waals surface area contributed by atoms with Gasteiger partial charge in [-0.25, -0.2) is 0 Å². The molecule has 8 nitrogen and oxygen atoms in total. The van der Waals surface area contributed by atoms with E-state index in [2.05, 4.69) is 20.8 Å². The Morgan fingerprint density at radius 1 is 0.784 bits per heavy atom. The Morgan fingerprint density at radius 3 is 1.94 bits per heavy atom. The molecule has 51 heavy (non-hydrogen) atoms. The summed E-state index contributed by atoms with van der Waals surface area (Å²) < 4.78 is 10.6. The average molecular weight is 721 g/mol. The fraction of sp³-hybridized carbons (Fsp3) is 0.837. The van der Waals surface area contributed by atoms with Crippen LogP contribution >= 0.6 is 0 Å². The number of esters is 2. The Morgan fingerprint density at radius 2 is 1.35 bits per heavy atom. The molecule has 1 fully saturated rings. The summed E-state index contributed by atoms with van der Waals surface area (Å²) in [6.45, 7) is 6.16. The van der Waals surface area contributed by atoms with Crippen molar-refractivity contribution in [1.82, 2.24) is 0 Å². The maximum atomic E-state index is 12.4. The summed E-state index contributed by atoms with van der Waals surface area (Å²) in [6.07, 6.45) is 30.3. The van der Waals surface area contributed by atoms with Gasteiger partial charge in [0.25, 0.3) is 0 Å². The van der Waals surface area contributed by atoms with Crippen LogP contribution in [0.3, 0.4) is 0 Å². The molecule has 296 valence electrons. The number of hydrogen-bond acceptors (Lipinski definition) is 8. The van der Waals surface area contributed by atoms with Gasteiger partial charge in [-0.15, -0.1) is 0 Å². The van der Waals surface area contributed by atoms with Gasteiger partial charge in [-0.2, -0.15) is 0 Å². The van der Waals surface area contributed by atoms with Gasteiger partial charge >= 0.3 is 11.9 Å². The van der Waals surface area contributed by atoms with Gasteiger partial charge in [0.2, 0.25) is 0 Å². The fourth-order valence-electron chi connectivity index (χ4n) is 6.78. The first-order valence-electron chi connectivity index (χ1n) is 20.9. The Labute approximate surface area is 311 Å². The van der Waals surface area contributed by atoms with Crippen LogP contribution in [-0.2, 0) is 23.9 Å². The van der Waals surface area contributed by atoms with Crippen LogP contribution in [0, 0.1) is 17.8 Å². The van der Waals surface area contributed by atoms with E-state index in [1.807, 2.05) is 12.2 Å². The van der Waals surface area contributed by atoms with E-state index in [0.29, 0.717) is 32.1 Å². The van der Waals surface area contributed by atoms with Crippen LogP contribution < -0.4 is 0 Å². The van der Waals surface area contributed by atoms with Crippen molar-refractivity contribution in [2.45, 2.75) is 200 Å². The minimum absolute atomic E-state index is 0.000152. The molecule has 0 bridgehead atoms. The molecule has 0 aromatic heterocycles. The van der Waals surface area contributed by atoms with Gasteiger partial charge in [-0.3, -0.25) is 14.4 Å². The van der Waals surface area contributed by atoms with Gasteiger partial charge in [0.1, 0.15) is 12.4 Å². The lowest BCUT2D eigenvalue weighted by atomic mass is 9.90. The van der Waals surface area contributed by atoms with E-state index in [-0.39, 0.29) is 37.1 Å². The van der Waals surface area contributed by atoms with E-state index in [4.69, 9.17) is 9.47 Å². The summed E-state index contributed by atoms with van der Waals surface area (Å²) in [4.78, 5) is 36.9. The third-order valence-electron chi connectivity index (χ3n) is 10.1. The molecule has 5 atom stereocenters. The largest absolute Gasteiger partial charge is 0.462 e. The highest BCUT2D eigenvalue weighted by Gasteiger charge is 2.39. The molecule has 0 spiro atoms. The molecule has 0 radical (unpaired) electrons. The molecular weight excluding hydrogens is 644 g/mol. The SMILES string of the molecule is CCCCC[C@H](O)/C=C/[C@H]1C(=O)C[C@H](O)[C@@H]1C/C=C\CCCC(=O)O[C@@H](CO)COC(=O)CCCCCCCCCCCCCCCCC(C)C. The smallest absolute Gasteiger partial charge is 0.306 e. The fourth-order valence-corrected chi connectivity index (χ4v) is 6.78. The lowest BCUT2D eigenvalue weighted by Crippen LogP contribution is -2.28. The van der Waals surface area contributed by atoms with Crippen molar-refractivity contribution in [1.29, 1.82) is 0 Å². The topological polar surface area (TPSA) is 130 Å². The number of carbonyl (C=O) groups excluding carboxylic acids is 3. The number of aliphatic hydroxyl groups is 3. The predicted molar refractivity (Wildman–Crippen MR) is 206 cm³/mol. The average Bonchev–Trinajstić information content (AvgIpc) is 3.37. The van der Waals surface area contributed by atoms with E-state index in [9.17, 15) is 29.7 Å². The van der Waals surface area contributed by atoms with Crippen molar-refractivity contribution in [3.05, 3.63) is 24.3 Å². The summed E-state index contributed by atoms with van der Waals surface area (Å²) in [5.74, 6) is -0.569. The number of carbonyl (C=O) groups is 3. The Kier molecular flexibility index (Phi) is 29.0. The highest BCUT2D eigenvalue weighted by Crippen LogP contribution is 2.33. The Bertz CT molecular complexity index is 944. The number of Topliss-reactive ketones (excluding diaryl/α,β-unsaturated/α-hetero) is 1. The second-order valence-electron chi connectivity index (χ2n) is 15.3. The number of rotatable bonds is 33. The van der Waals surface area contributed by atoms with E-state index in [0.717, 1.165) is 44.4 Å². The summed E-state index contributed by atoms with van der Waals surface area (Å²) in [5, 5.41) is 30.2. The van der Waals surface area contributed by atoms with Crippen molar-refractivity contribution in [3.63, 3.8) is 0 Å². The van der Waals surface area contributed by atoms with E-state index < -0.39 is 36.8 Å². The highest BCUT2D eigenvalue weighted by molar-refractivity contribution is 5.86. The molecule has 0 aromatic rings. The molecule has 0 unspecified atom stereocenters. The van der Waals surface area contributed by atoms with Crippen LogP contribution in [0.25, 0.3) is 0 Å². The number of allylic oxidation sites excluding steroid dienone is 3. The normalized spacial score (nSPS) is 19.0. The summed E-state index contributed by atoms with van der Waals surface area (Å²) in [7, 11) is 0. The summed E-state index contributed by atoms with van der Waals surface area (Å²) in [5.41, 5.74) is 0. The number of ketones is 1. The molecule has 0 aromatic carbocycles. The van der Waals surface area contributed by atoms with E-state index in [1.54, 1.807) is 12.2 Å². The van der Waals surface area contributed by atoms with Crippen LogP contribution in [0.5, 0.6) is 0 Å². The molecule has 1 aliphatic rings. The van der Waals surface area contributed by atoms with Crippen LogP contribution in [0.1, 0.15) is 181 Å². The second kappa shape index (κ2) is 31.5. The van der Waals surface area contributed by atoms with Crippen molar-refractivity contribution in [2.75, 3.05) is 13.2 Å². The van der Waals surface area contributed by atoms with E-state index >= 15 is 0 Å². The third-order valence-corrected chi connectivity index (χ3v) is 10.1. The molecule has 3 N–H and O–H groups in total. The predicted octanol–water partition coefficient (Wildman–Crippen LogP) is 9.51. The Balaban J connectivity index is 2.08. The zero-order chi connectivity index (χ0) is 37.5. The minimum atomic E-state index is -0.872. The van der Waals surface area contributed by atoms with Crippen molar-refractivity contribution >= 4 is 17.7 Å². The lowest BCUT2D eigenvalue weighted by molar-refractivity contribution is -0.161. The zero-order valence-corrected chi connectivity index (χ0v) is 32.7. The molecule has 1 aliphatic carbocycles. The van der Waals surface area contributed by atoms with Gasteiger partial charge in [-0.05, 0) is 38.0 Å².